The molecule has 1 aliphatic carbocycles. The van der Waals surface area contributed by atoms with Crippen LogP contribution in [0.4, 0.5) is 0 Å². The van der Waals surface area contributed by atoms with Gasteiger partial charge in [-0.3, -0.25) is 0 Å². The second-order valence-corrected chi connectivity index (χ2v) is 6.37. The molecule has 26 heavy (non-hydrogen) atoms. The van der Waals surface area contributed by atoms with Gasteiger partial charge in [-0.2, -0.15) is 0 Å². The zero-order valence-corrected chi connectivity index (χ0v) is 14.5. The van der Waals surface area contributed by atoms with Crippen molar-refractivity contribution < 1.29 is 34.4 Å². The number of aliphatic hydroxyl groups excluding tert-OH is 3. The van der Waals surface area contributed by atoms with Crippen LogP contribution in [0.15, 0.2) is 47.6 Å². The summed E-state index contributed by atoms with van der Waals surface area (Å²) < 4.78 is 10.8. The lowest BCUT2D eigenvalue weighted by molar-refractivity contribution is -0.147. The molecule has 3 atom stereocenters. The Bertz CT molecular complexity index is 659. The minimum absolute atomic E-state index is 0.115. The summed E-state index contributed by atoms with van der Waals surface area (Å²) in [5.74, 6) is -2.04. The maximum absolute atomic E-state index is 12.1. The maximum atomic E-state index is 12.1. The first kappa shape index (κ1) is 20.1. The number of hydrogen-bond acceptors (Lipinski definition) is 7. The van der Waals surface area contributed by atoms with E-state index in [9.17, 15) is 19.8 Å². The van der Waals surface area contributed by atoms with Crippen LogP contribution in [0.3, 0.4) is 0 Å². The summed E-state index contributed by atoms with van der Waals surface area (Å²) in [4.78, 5) is 24.1. The molecule has 0 aromatic carbocycles. The molecular weight excluding hydrogens is 340 g/mol. The van der Waals surface area contributed by atoms with E-state index >= 15 is 0 Å². The van der Waals surface area contributed by atoms with Gasteiger partial charge in [0.05, 0.1) is 31.3 Å². The second-order valence-electron chi connectivity index (χ2n) is 6.37. The molecule has 2 aliphatic rings. The van der Waals surface area contributed by atoms with Crippen molar-refractivity contribution in [3.63, 3.8) is 0 Å². The van der Waals surface area contributed by atoms with Crippen molar-refractivity contribution in [2.24, 2.45) is 5.92 Å². The summed E-state index contributed by atoms with van der Waals surface area (Å²) >= 11 is 0. The average Bonchev–Trinajstić information content (AvgIpc) is 2.91. The number of hydrogen-bond donors (Lipinski definition) is 3. The van der Waals surface area contributed by atoms with E-state index in [1.807, 2.05) is 6.08 Å². The predicted molar refractivity (Wildman–Crippen MR) is 92.8 cm³/mol. The lowest BCUT2D eigenvalue weighted by Crippen LogP contribution is -2.34. The van der Waals surface area contributed by atoms with E-state index < -0.39 is 36.7 Å². The van der Waals surface area contributed by atoms with Crippen LogP contribution in [0.5, 0.6) is 0 Å². The number of allylic oxidation sites excluding steroid dienone is 1. The monoisotopic (exact) mass is 364 g/mol. The van der Waals surface area contributed by atoms with Crippen molar-refractivity contribution in [2.45, 2.75) is 31.5 Å². The Morgan fingerprint density at radius 2 is 1.96 bits per heavy atom. The third kappa shape index (κ3) is 4.49. The molecule has 0 amide bonds. The van der Waals surface area contributed by atoms with Gasteiger partial charge < -0.3 is 24.8 Å². The molecule has 1 fully saturated rings. The van der Waals surface area contributed by atoms with Crippen LogP contribution in [0.25, 0.3) is 0 Å². The molecule has 3 unspecified atom stereocenters. The SMILES string of the molecule is C=C(CO)C(=O)OC1CC(CO)=CCCC(CO)=CC2OC(=O)C(=C)C21. The summed E-state index contributed by atoms with van der Waals surface area (Å²) in [7, 11) is 0. The first-order valence-electron chi connectivity index (χ1n) is 8.39. The number of fused-ring (bicyclic) bond motifs is 1. The number of carbonyl (C=O) groups excluding carboxylic acids is 2. The lowest BCUT2D eigenvalue weighted by atomic mass is 9.85. The van der Waals surface area contributed by atoms with Gasteiger partial charge in [-0.1, -0.05) is 19.2 Å². The molecular formula is C19H24O7. The van der Waals surface area contributed by atoms with Crippen molar-refractivity contribution in [3.05, 3.63) is 47.6 Å². The molecule has 0 spiro atoms. The van der Waals surface area contributed by atoms with Gasteiger partial charge in [0.15, 0.2) is 0 Å². The van der Waals surface area contributed by atoms with Crippen LogP contribution < -0.4 is 0 Å². The molecule has 1 aliphatic heterocycles. The fourth-order valence-corrected chi connectivity index (χ4v) is 3.09. The van der Waals surface area contributed by atoms with E-state index in [1.54, 1.807) is 6.08 Å². The van der Waals surface area contributed by atoms with Crippen LogP contribution in [0.1, 0.15) is 19.3 Å². The molecule has 7 heteroatoms. The Morgan fingerprint density at radius 3 is 2.58 bits per heavy atom. The van der Waals surface area contributed by atoms with Crippen molar-refractivity contribution >= 4 is 11.9 Å². The number of ether oxygens (including phenoxy) is 2. The van der Waals surface area contributed by atoms with Crippen molar-refractivity contribution in [1.82, 2.24) is 0 Å². The highest BCUT2D eigenvalue weighted by Gasteiger charge is 2.44. The summed E-state index contributed by atoms with van der Waals surface area (Å²) in [6.07, 6.45) is 3.27. The van der Waals surface area contributed by atoms with Crippen LogP contribution in [0, 0.1) is 5.92 Å². The second kappa shape index (κ2) is 8.93. The Hall–Kier alpha value is -2.22. The van der Waals surface area contributed by atoms with Crippen molar-refractivity contribution in [2.75, 3.05) is 19.8 Å². The molecule has 0 saturated carbocycles. The Kier molecular flexibility index (Phi) is 6.90. The van der Waals surface area contributed by atoms with E-state index in [0.717, 1.165) is 0 Å². The zero-order valence-electron chi connectivity index (χ0n) is 14.5. The topological polar surface area (TPSA) is 113 Å². The highest BCUT2D eigenvalue weighted by Crippen LogP contribution is 2.36. The Labute approximate surface area is 151 Å². The first-order valence-corrected chi connectivity index (χ1v) is 8.39. The summed E-state index contributed by atoms with van der Waals surface area (Å²) in [5, 5.41) is 28.2. The zero-order chi connectivity index (χ0) is 19.3. The van der Waals surface area contributed by atoms with E-state index in [4.69, 9.17) is 14.6 Å². The number of esters is 2. The molecule has 2 rings (SSSR count). The highest BCUT2D eigenvalue weighted by molar-refractivity contribution is 5.92. The largest absolute Gasteiger partial charge is 0.458 e. The predicted octanol–water partition coefficient (Wildman–Crippen LogP) is 0.566. The minimum Gasteiger partial charge on any atom is -0.458 e. The first-order chi connectivity index (χ1) is 12.4. The molecule has 0 radical (unpaired) electrons. The third-order valence-electron chi connectivity index (χ3n) is 4.57. The quantitative estimate of drug-likeness (QED) is 0.371. The van der Waals surface area contributed by atoms with Crippen LogP contribution in [-0.4, -0.2) is 59.3 Å². The number of rotatable bonds is 5. The van der Waals surface area contributed by atoms with Gasteiger partial charge in [0.25, 0.3) is 0 Å². The van der Waals surface area contributed by atoms with E-state index in [2.05, 4.69) is 13.2 Å². The summed E-state index contributed by atoms with van der Waals surface area (Å²) in [6.45, 7) is 6.23. The molecule has 0 bridgehead atoms. The molecule has 3 N–H and O–H groups in total. The smallest absolute Gasteiger partial charge is 0.336 e. The fourth-order valence-electron chi connectivity index (χ4n) is 3.09. The van der Waals surface area contributed by atoms with Gasteiger partial charge in [-0.05, 0) is 30.1 Å². The molecule has 1 heterocycles. The molecule has 7 nitrogen and oxygen atoms in total. The van der Waals surface area contributed by atoms with Gasteiger partial charge in [-0.15, -0.1) is 0 Å². The van der Waals surface area contributed by atoms with Crippen molar-refractivity contribution in [1.29, 1.82) is 0 Å². The molecule has 142 valence electrons. The summed E-state index contributed by atoms with van der Waals surface area (Å²) in [6, 6.07) is 0. The fraction of sp³-hybridized carbons (Fsp3) is 0.474. The van der Waals surface area contributed by atoms with Gasteiger partial charge in [0.2, 0.25) is 0 Å². The van der Waals surface area contributed by atoms with E-state index in [-0.39, 0.29) is 30.8 Å². The Morgan fingerprint density at radius 1 is 1.27 bits per heavy atom. The summed E-state index contributed by atoms with van der Waals surface area (Å²) in [5.41, 5.74) is 1.37. The standard InChI is InChI=1S/C19H24O7/c1-11(8-20)18(23)25-15-6-13(9-21)4-3-5-14(10-22)7-16-17(15)12(2)19(24)26-16/h4,7,15-17,20-22H,1-3,5-6,8-10H2. The average molecular weight is 364 g/mol. The normalized spacial score (nSPS) is 26.3. The molecule has 1 saturated heterocycles. The van der Waals surface area contributed by atoms with E-state index in [1.165, 1.54) is 0 Å². The van der Waals surface area contributed by atoms with Crippen LogP contribution in [-0.2, 0) is 19.1 Å². The third-order valence-corrected chi connectivity index (χ3v) is 4.57. The molecule has 0 aromatic rings. The lowest BCUT2D eigenvalue weighted by Gasteiger charge is -2.28. The number of aliphatic hydroxyl groups is 3. The Balaban J connectivity index is 2.41. The minimum atomic E-state index is -0.831. The van der Waals surface area contributed by atoms with E-state index in [0.29, 0.717) is 24.0 Å². The highest BCUT2D eigenvalue weighted by atomic mass is 16.6. The maximum Gasteiger partial charge on any atom is 0.336 e. The van der Waals surface area contributed by atoms with Gasteiger partial charge in [0, 0.05) is 12.0 Å². The van der Waals surface area contributed by atoms with Crippen LogP contribution >= 0.6 is 0 Å². The number of carbonyl (C=O) groups is 2. The van der Waals surface area contributed by atoms with Crippen molar-refractivity contribution in [3.8, 4) is 0 Å². The molecule has 0 aromatic heterocycles. The van der Waals surface area contributed by atoms with Crippen LogP contribution in [0.2, 0.25) is 0 Å². The van der Waals surface area contributed by atoms with Gasteiger partial charge in [-0.25, -0.2) is 9.59 Å². The van der Waals surface area contributed by atoms with Gasteiger partial charge >= 0.3 is 11.9 Å². The van der Waals surface area contributed by atoms with Gasteiger partial charge in [0.1, 0.15) is 12.2 Å².